The van der Waals surface area contributed by atoms with Gasteiger partial charge < -0.3 is 9.72 Å². The molecule has 0 amide bonds. The third-order valence-corrected chi connectivity index (χ3v) is 1.99. The van der Waals surface area contributed by atoms with Crippen LogP contribution in [0.25, 0.3) is 10.9 Å². The minimum absolute atomic E-state index is 0.109. The summed E-state index contributed by atoms with van der Waals surface area (Å²) >= 11 is 0. The molecule has 0 saturated carbocycles. The number of carbonyl (C=O) groups is 1. The van der Waals surface area contributed by atoms with Crippen molar-refractivity contribution in [1.82, 2.24) is 9.97 Å². The SMILES string of the molecule is CC(C)OC(=O)c1cc2ccncc2[nH]1. The lowest BCUT2D eigenvalue weighted by Crippen LogP contribution is -2.11. The Kier molecular flexibility index (Phi) is 2.41. The standard InChI is InChI=1S/C11H12N2O2/c1-7(2)15-11(14)9-5-8-3-4-12-6-10(8)13-9/h3-7,13H,1-2H3. The lowest BCUT2D eigenvalue weighted by molar-refractivity contribution is 0.0372. The van der Waals surface area contributed by atoms with E-state index in [1.807, 2.05) is 19.9 Å². The molecule has 0 aliphatic rings. The molecule has 0 atom stereocenters. The van der Waals surface area contributed by atoms with E-state index in [0.29, 0.717) is 5.69 Å². The molecule has 0 bridgehead atoms. The highest BCUT2D eigenvalue weighted by molar-refractivity contribution is 5.94. The smallest absolute Gasteiger partial charge is 0.355 e. The molecule has 2 heterocycles. The summed E-state index contributed by atoms with van der Waals surface area (Å²) < 4.78 is 5.08. The Balaban J connectivity index is 2.32. The highest BCUT2D eigenvalue weighted by Gasteiger charge is 2.11. The topological polar surface area (TPSA) is 55.0 Å². The molecule has 4 nitrogen and oxygen atoms in total. The Labute approximate surface area is 87.3 Å². The molecule has 2 aromatic rings. The minimum Gasteiger partial charge on any atom is -0.458 e. The number of aromatic nitrogens is 2. The maximum atomic E-state index is 11.6. The Morgan fingerprint density at radius 3 is 3.00 bits per heavy atom. The van der Waals surface area contributed by atoms with E-state index in [1.54, 1.807) is 18.5 Å². The second kappa shape index (κ2) is 3.73. The van der Waals surface area contributed by atoms with Crippen molar-refractivity contribution >= 4 is 16.9 Å². The number of hydrogen-bond donors (Lipinski definition) is 1. The van der Waals surface area contributed by atoms with Gasteiger partial charge in [0.25, 0.3) is 0 Å². The van der Waals surface area contributed by atoms with Gasteiger partial charge in [0.05, 0.1) is 17.8 Å². The molecule has 0 unspecified atom stereocenters. The van der Waals surface area contributed by atoms with Crippen molar-refractivity contribution in [3.05, 3.63) is 30.2 Å². The fourth-order valence-electron chi connectivity index (χ4n) is 1.36. The van der Waals surface area contributed by atoms with E-state index >= 15 is 0 Å². The molecular weight excluding hydrogens is 192 g/mol. The van der Waals surface area contributed by atoms with E-state index in [9.17, 15) is 4.79 Å². The van der Waals surface area contributed by atoms with Gasteiger partial charge in [-0.2, -0.15) is 0 Å². The predicted octanol–water partition coefficient (Wildman–Crippen LogP) is 2.13. The van der Waals surface area contributed by atoms with Gasteiger partial charge in [-0.15, -0.1) is 0 Å². The number of nitrogens with zero attached hydrogens (tertiary/aromatic N) is 1. The fraction of sp³-hybridized carbons (Fsp3) is 0.273. The van der Waals surface area contributed by atoms with Crippen molar-refractivity contribution in [3.63, 3.8) is 0 Å². The summed E-state index contributed by atoms with van der Waals surface area (Å²) in [6.45, 7) is 3.64. The van der Waals surface area contributed by atoms with Gasteiger partial charge >= 0.3 is 5.97 Å². The summed E-state index contributed by atoms with van der Waals surface area (Å²) in [6.07, 6.45) is 3.26. The second-order valence-corrected chi connectivity index (χ2v) is 3.60. The molecule has 1 N–H and O–H groups in total. The first kappa shape index (κ1) is 9.71. The normalized spacial score (nSPS) is 10.9. The number of pyridine rings is 1. The number of hydrogen-bond acceptors (Lipinski definition) is 3. The molecule has 2 aromatic heterocycles. The summed E-state index contributed by atoms with van der Waals surface area (Å²) in [5.74, 6) is -0.332. The summed E-state index contributed by atoms with van der Waals surface area (Å²) in [5, 5.41) is 0.959. The molecule has 0 aliphatic heterocycles. The molecule has 4 heteroatoms. The van der Waals surface area contributed by atoms with Gasteiger partial charge in [0.1, 0.15) is 5.69 Å². The van der Waals surface area contributed by atoms with Crippen LogP contribution in [0.1, 0.15) is 24.3 Å². The van der Waals surface area contributed by atoms with E-state index in [4.69, 9.17) is 4.74 Å². The van der Waals surface area contributed by atoms with Gasteiger partial charge in [-0.25, -0.2) is 4.79 Å². The Bertz CT molecular complexity index is 455. The molecule has 0 aromatic carbocycles. The van der Waals surface area contributed by atoms with Crippen LogP contribution in [0, 0.1) is 0 Å². The Morgan fingerprint density at radius 2 is 2.33 bits per heavy atom. The summed E-state index contributed by atoms with van der Waals surface area (Å²) in [5.41, 5.74) is 1.31. The van der Waals surface area contributed by atoms with Crippen LogP contribution >= 0.6 is 0 Å². The monoisotopic (exact) mass is 204 g/mol. The van der Waals surface area contributed by atoms with Crippen LogP contribution in [0.5, 0.6) is 0 Å². The molecular formula is C11H12N2O2. The first-order valence-corrected chi connectivity index (χ1v) is 4.80. The van der Waals surface area contributed by atoms with E-state index < -0.39 is 0 Å². The molecule has 0 aliphatic carbocycles. The number of nitrogens with one attached hydrogen (secondary N) is 1. The van der Waals surface area contributed by atoms with Gasteiger partial charge in [0, 0.05) is 11.6 Å². The van der Waals surface area contributed by atoms with Crippen molar-refractivity contribution in [2.45, 2.75) is 20.0 Å². The minimum atomic E-state index is -0.332. The average molecular weight is 204 g/mol. The largest absolute Gasteiger partial charge is 0.458 e. The van der Waals surface area contributed by atoms with Crippen LogP contribution in [0.2, 0.25) is 0 Å². The molecule has 2 rings (SSSR count). The number of carbonyl (C=O) groups excluding carboxylic acids is 1. The number of ether oxygens (including phenoxy) is 1. The van der Waals surface area contributed by atoms with E-state index in [-0.39, 0.29) is 12.1 Å². The van der Waals surface area contributed by atoms with Crippen molar-refractivity contribution < 1.29 is 9.53 Å². The van der Waals surface area contributed by atoms with Crippen LogP contribution in [0.3, 0.4) is 0 Å². The quantitative estimate of drug-likeness (QED) is 0.762. The van der Waals surface area contributed by atoms with Crippen molar-refractivity contribution in [1.29, 1.82) is 0 Å². The third-order valence-electron chi connectivity index (χ3n) is 1.99. The van der Waals surface area contributed by atoms with Crippen LogP contribution in [0.15, 0.2) is 24.5 Å². The number of fused-ring (bicyclic) bond motifs is 1. The van der Waals surface area contributed by atoms with Gasteiger partial charge in [-0.3, -0.25) is 4.98 Å². The maximum absolute atomic E-state index is 11.6. The van der Waals surface area contributed by atoms with Crippen LogP contribution in [-0.4, -0.2) is 22.0 Å². The number of rotatable bonds is 2. The highest BCUT2D eigenvalue weighted by Crippen LogP contribution is 2.14. The van der Waals surface area contributed by atoms with Gasteiger partial charge in [-0.05, 0) is 26.0 Å². The highest BCUT2D eigenvalue weighted by atomic mass is 16.5. The molecule has 15 heavy (non-hydrogen) atoms. The first-order chi connectivity index (χ1) is 7.16. The van der Waals surface area contributed by atoms with Crippen LogP contribution < -0.4 is 0 Å². The number of H-pyrrole nitrogens is 1. The van der Waals surface area contributed by atoms with Crippen molar-refractivity contribution in [2.75, 3.05) is 0 Å². The lowest BCUT2D eigenvalue weighted by Gasteiger charge is -2.05. The zero-order valence-electron chi connectivity index (χ0n) is 8.65. The van der Waals surface area contributed by atoms with E-state index in [0.717, 1.165) is 10.9 Å². The molecule has 0 fully saturated rings. The van der Waals surface area contributed by atoms with Crippen LogP contribution in [0.4, 0.5) is 0 Å². The van der Waals surface area contributed by atoms with E-state index in [1.165, 1.54) is 0 Å². The van der Waals surface area contributed by atoms with Crippen molar-refractivity contribution in [2.24, 2.45) is 0 Å². The zero-order chi connectivity index (χ0) is 10.8. The van der Waals surface area contributed by atoms with Gasteiger partial charge in [0.2, 0.25) is 0 Å². The Hall–Kier alpha value is -1.84. The summed E-state index contributed by atoms with van der Waals surface area (Å²) in [7, 11) is 0. The van der Waals surface area contributed by atoms with Gasteiger partial charge in [-0.1, -0.05) is 0 Å². The zero-order valence-corrected chi connectivity index (χ0v) is 8.65. The summed E-state index contributed by atoms with van der Waals surface area (Å²) in [6, 6.07) is 3.61. The first-order valence-electron chi connectivity index (χ1n) is 4.80. The van der Waals surface area contributed by atoms with E-state index in [2.05, 4.69) is 9.97 Å². The molecule has 78 valence electrons. The number of aromatic amines is 1. The predicted molar refractivity (Wildman–Crippen MR) is 56.6 cm³/mol. The average Bonchev–Trinajstić information content (AvgIpc) is 2.59. The second-order valence-electron chi connectivity index (χ2n) is 3.60. The van der Waals surface area contributed by atoms with Gasteiger partial charge in [0.15, 0.2) is 0 Å². The lowest BCUT2D eigenvalue weighted by atomic mass is 10.3. The number of esters is 1. The Morgan fingerprint density at radius 1 is 1.53 bits per heavy atom. The van der Waals surface area contributed by atoms with Crippen molar-refractivity contribution in [3.8, 4) is 0 Å². The summed E-state index contributed by atoms with van der Waals surface area (Å²) in [4.78, 5) is 18.5. The molecule has 0 radical (unpaired) electrons. The molecule has 0 spiro atoms. The third kappa shape index (κ3) is 1.98. The fourth-order valence-corrected chi connectivity index (χ4v) is 1.36. The van der Waals surface area contributed by atoms with Crippen LogP contribution in [-0.2, 0) is 4.74 Å². The maximum Gasteiger partial charge on any atom is 0.355 e. The molecule has 0 saturated heterocycles.